The summed E-state index contributed by atoms with van der Waals surface area (Å²) in [6.07, 6.45) is -3.44. The molecule has 0 radical (unpaired) electrons. The van der Waals surface area contributed by atoms with E-state index in [-0.39, 0.29) is 10.2 Å². The van der Waals surface area contributed by atoms with Gasteiger partial charge in [0.1, 0.15) is 0 Å². The Morgan fingerprint density at radius 3 is 2.63 bits per heavy atom. The Hall–Kier alpha value is -1.08. The van der Waals surface area contributed by atoms with Gasteiger partial charge in [-0.15, -0.1) is 0 Å². The van der Waals surface area contributed by atoms with Crippen LogP contribution in [0.4, 0.5) is 18.9 Å². The van der Waals surface area contributed by atoms with Crippen LogP contribution in [0.5, 0.6) is 0 Å². The van der Waals surface area contributed by atoms with Crippen molar-refractivity contribution in [2.45, 2.75) is 32.0 Å². The molecule has 3 nitrogen and oxygen atoms in total. The third-order valence-corrected chi connectivity index (χ3v) is 2.97. The molecule has 0 aliphatic carbocycles. The fraction of sp³-hybridized carbons (Fsp3) is 0.417. The van der Waals surface area contributed by atoms with Gasteiger partial charge in [0.05, 0.1) is 17.3 Å². The van der Waals surface area contributed by atoms with E-state index in [2.05, 4.69) is 21.2 Å². The average Bonchev–Trinajstić information content (AvgIpc) is 2.30. The SMILES string of the molecule is CCCC(N)C(=O)Nc1ccc(Br)cc1C(F)(F)F. The standard InChI is InChI=1S/C12H14BrF3N2O/c1-2-3-9(17)11(19)18-10-5-4-7(13)6-8(10)12(14,15)16/h4-6,9H,2-3,17H2,1H3,(H,18,19). The van der Waals surface area contributed by atoms with E-state index in [0.717, 1.165) is 6.07 Å². The minimum Gasteiger partial charge on any atom is -0.324 e. The van der Waals surface area contributed by atoms with Gasteiger partial charge >= 0.3 is 6.18 Å². The quantitative estimate of drug-likeness (QED) is 0.882. The Morgan fingerprint density at radius 1 is 1.47 bits per heavy atom. The van der Waals surface area contributed by atoms with Gasteiger partial charge in [0.25, 0.3) is 0 Å². The van der Waals surface area contributed by atoms with Crippen LogP contribution in [0, 0.1) is 0 Å². The summed E-state index contributed by atoms with van der Waals surface area (Å²) in [5.74, 6) is -0.616. The molecule has 0 bridgehead atoms. The highest BCUT2D eigenvalue weighted by Crippen LogP contribution is 2.36. The van der Waals surface area contributed by atoms with E-state index in [0.29, 0.717) is 12.8 Å². The van der Waals surface area contributed by atoms with Crippen LogP contribution in [-0.4, -0.2) is 11.9 Å². The first-order chi connectivity index (χ1) is 8.75. The number of hydrogen-bond acceptors (Lipinski definition) is 2. The molecule has 0 saturated heterocycles. The van der Waals surface area contributed by atoms with Crippen LogP contribution in [-0.2, 0) is 11.0 Å². The normalized spacial score (nSPS) is 13.2. The molecule has 1 rings (SSSR count). The molecule has 0 spiro atoms. The summed E-state index contributed by atoms with van der Waals surface area (Å²) in [7, 11) is 0. The minimum absolute atomic E-state index is 0.285. The lowest BCUT2D eigenvalue weighted by molar-refractivity contribution is -0.137. The van der Waals surface area contributed by atoms with Gasteiger partial charge in [0.15, 0.2) is 0 Å². The van der Waals surface area contributed by atoms with Gasteiger partial charge in [0, 0.05) is 4.47 Å². The highest BCUT2D eigenvalue weighted by molar-refractivity contribution is 9.10. The Morgan fingerprint density at radius 2 is 2.11 bits per heavy atom. The van der Waals surface area contributed by atoms with E-state index in [1.54, 1.807) is 0 Å². The van der Waals surface area contributed by atoms with Crippen LogP contribution in [0.1, 0.15) is 25.3 Å². The monoisotopic (exact) mass is 338 g/mol. The third kappa shape index (κ3) is 4.50. The predicted octanol–water partition coefficient (Wildman–Crippen LogP) is 3.53. The van der Waals surface area contributed by atoms with E-state index < -0.39 is 23.7 Å². The Labute approximate surface area is 117 Å². The second kappa shape index (κ2) is 6.38. The Kier molecular flexibility index (Phi) is 5.37. The van der Waals surface area contributed by atoms with Gasteiger partial charge in [-0.2, -0.15) is 13.2 Å². The van der Waals surface area contributed by atoms with Crippen LogP contribution >= 0.6 is 15.9 Å². The fourth-order valence-corrected chi connectivity index (χ4v) is 1.89. The van der Waals surface area contributed by atoms with Gasteiger partial charge in [-0.1, -0.05) is 29.3 Å². The van der Waals surface area contributed by atoms with Crippen LogP contribution < -0.4 is 11.1 Å². The zero-order valence-corrected chi connectivity index (χ0v) is 11.8. The zero-order chi connectivity index (χ0) is 14.6. The van der Waals surface area contributed by atoms with E-state index >= 15 is 0 Å². The molecule has 0 heterocycles. The molecule has 0 aliphatic rings. The maximum Gasteiger partial charge on any atom is 0.418 e. The van der Waals surface area contributed by atoms with Crippen LogP contribution in [0.2, 0.25) is 0 Å². The van der Waals surface area contributed by atoms with E-state index in [4.69, 9.17) is 5.73 Å². The summed E-state index contributed by atoms with van der Waals surface area (Å²) in [4.78, 5) is 11.7. The number of alkyl halides is 3. The second-order valence-corrected chi connectivity index (χ2v) is 4.99. The molecule has 19 heavy (non-hydrogen) atoms. The molecule has 1 atom stereocenters. The molecule has 1 aromatic carbocycles. The molecule has 7 heteroatoms. The number of anilines is 1. The molecule has 0 aromatic heterocycles. The summed E-state index contributed by atoms with van der Waals surface area (Å²) >= 11 is 2.97. The molecule has 0 saturated carbocycles. The first-order valence-electron chi connectivity index (χ1n) is 5.69. The number of amides is 1. The van der Waals surface area contributed by atoms with Gasteiger partial charge in [-0.25, -0.2) is 0 Å². The van der Waals surface area contributed by atoms with Crippen molar-refractivity contribution in [1.82, 2.24) is 0 Å². The van der Waals surface area contributed by atoms with Crippen molar-refractivity contribution in [2.75, 3.05) is 5.32 Å². The summed E-state index contributed by atoms with van der Waals surface area (Å²) in [6, 6.07) is 2.73. The largest absolute Gasteiger partial charge is 0.418 e. The number of halogens is 4. The van der Waals surface area contributed by atoms with Crippen LogP contribution in [0.15, 0.2) is 22.7 Å². The van der Waals surface area contributed by atoms with Crippen LogP contribution in [0.3, 0.4) is 0 Å². The molecule has 1 unspecified atom stereocenters. The first kappa shape index (κ1) is 16.0. The maximum atomic E-state index is 12.8. The van der Waals surface area contributed by atoms with E-state index in [1.165, 1.54) is 12.1 Å². The van der Waals surface area contributed by atoms with Crippen molar-refractivity contribution >= 4 is 27.5 Å². The number of carbonyl (C=O) groups excluding carboxylic acids is 1. The van der Waals surface area contributed by atoms with Gasteiger partial charge in [-0.05, 0) is 24.6 Å². The lowest BCUT2D eigenvalue weighted by atomic mass is 10.1. The third-order valence-electron chi connectivity index (χ3n) is 2.48. The number of carbonyl (C=O) groups is 1. The van der Waals surface area contributed by atoms with Gasteiger partial charge < -0.3 is 11.1 Å². The average molecular weight is 339 g/mol. The molecule has 0 fully saturated rings. The summed E-state index contributed by atoms with van der Waals surface area (Å²) in [6.45, 7) is 1.84. The first-order valence-corrected chi connectivity index (χ1v) is 6.48. The van der Waals surface area contributed by atoms with Gasteiger partial charge in [-0.3, -0.25) is 4.79 Å². The maximum absolute atomic E-state index is 12.8. The Bertz CT molecular complexity index is 463. The topological polar surface area (TPSA) is 55.1 Å². The number of hydrogen-bond donors (Lipinski definition) is 2. The fourth-order valence-electron chi connectivity index (χ4n) is 1.53. The summed E-state index contributed by atoms with van der Waals surface area (Å²) in [5.41, 5.74) is 4.37. The number of nitrogens with one attached hydrogen (secondary N) is 1. The number of benzene rings is 1. The van der Waals surface area contributed by atoms with Crippen molar-refractivity contribution in [1.29, 1.82) is 0 Å². The molecule has 3 N–H and O–H groups in total. The molecule has 106 valence electrons. The Balaban J connectivity index is 2.98. The highest BCUT2D eigenvalue weighted by atomic mass is 79.9. The molecule has 1 amide bonds. The highest BCUT2D eigenvalue weighted by Gasteiger charge is 2.34. The number of nitrogens with two attached hydrogens (primary N) is 1. The zero-order valence-electron chi connectivity index (χ0n) is 10.2. The van der Waals surface area contributed by atoms with Crippen molar-refractivity contribution in [3.05, 3.63) is 28.2 Å². The van der Waals surface area contributed by atoms with E-state index in [9.17, 15) is 18.0 Å². The summed E-state index contributed by atoms with van der Waals surface area (Å²) in [5, 5.41) is 2.22. The molecule has 0 aliphatic heterocycles. The van der Waals surface area contributed by atoms with Crippen molar-refractivity contribution in [2.24, 2.45) is 5.73 Å². The number of rotatable bonds is 4. The van der Waals surface area contributed by atoms with Crippen molar-refractivity contribution in [3.63, 3.8) is 0 Å². The minimum atomic E-state index is -4.54. The lowest BCUT2D eigenvalue weighted by Gasteiger charge is -2.16. The predicted molar refractivity (Wildman–Crippen MR) is 70.7 cm³/mol. The lowest BCUT2D eigenvalue weighted by Crippen LogP contribution is -2.35. The smallest absolute Gasteiger partial charge is 0.324 e. The molecular weight excluding hydrogens is 325 g/mol. The van der Waals surface area contributed by atoms with Gasteiger partial charge in [0.2, 0.25) is 5.91 Å². The van der Waals surface area contributed by atoms with Crippen molar-refractivity contribution < 1.29 is 18.0 Å². The molecular formula is C12H14BrF3N2O. The second-order valence-electron chi connectivity index (χ2n) is 4.07. The summed E-state index contributed by atoms with van der Waals surface area (Å²) < 4.78 is 38.8. The van der Waals surface area contributed by atoms with Crippen molar-refractivity contribution in [3.8, 4) is 0 Å². The van der Waals surface area contributed by atoms with E-state index in [1.807, 2.05) is 6.92 Å². The molecule has 1 aromatic rings. The van der Waals surface area contributed by atoms with Crippen LogP contribution in [0.25, 0.3) is 0 Å².